The number of nitrogens with zero attached hydrogens (tertiary/aromatic N) is 3. The molecule has 1 amide bonds. The van der Waals surface area contributed by atoms with Crippen molar-refractivity contribution in [2.24, 2.45) is 4.99 Å². The molecule has 0 spiro atoms. The first-order valence-corrected chi connectivity index (χ1v) is 12.8. The van der Waals surface area contributed by atoms with Crippen LogP contribution in [0, 0.1) is 20.8 Å². The van der Waals surface area contributed by atoms with E-state index in [1.54, 1.807) is 4.90 Å². The van der Waals surface area contributed by atoms with Gasteiger partial charge in [-0.2, -0.15) is 0 Å². The number of aromatic nitrogens is 1. The second-order valence-electron chi connectivity index (χ2n) is 9.01. The zero-order valence-corrected chi connectivity index (χ0v) is 21.4. The molecule has 0 N–H and O–H groups in total. The normalized spacial score (nSPS) is 16.2. The highest BCUT2D eigenvalue weighted by molar-refractivity contribution is 8.18. The fourth-order valence-corrected chi connectivity index (χ4v) is 5.66. The Balaban J connectivity index is 1.54. The van der Waals surface area contributed by atoms with E-state index in [0.717, 1.165) is 45.0 Å². The molecule has 2 heterocycles. The van der Waals surface area contributed by atoms with Gasteiger partial charge in [-0.3, -0.25) is 9.69 Å². The van der Waals surface area contributed by atoms with Crippen molar-refractivity contribution in [2.45, 2.75) is 34.2 Å². The number of carbonyl (C=O) groups is 1. The summed E-state index contributed by atoms with van der Waals surface area (Å²) in [6.45, 7) is 9.60. The Labute approximate surface area is 211 Å². The predicted molar refractivity (Wildman–Crippen MR) is 148 cm³/mol. The molecule has 35 heavy (non-hydrogen) atoms. The lowest BCUT2D eigenvalue weighted by Gasteiger charge is -2.13. The van der Waals surface area contributed by atoms with Crippen LogP contribution >= 0.6 is 11.8 Å². The molecule has 3 aromatic carbocycles. The van der Waals surface area contributed by atoms with Crippen molar-refractivity contribution in [1.29, 1.82) is 0 Å². The van der Waals surface area contributed by atoms with E-state index < -0.39 is 0 Å². The maximum absolute atomic E-state index is 13.3. The number of aliphatic imine (C=N–C) groups is 1. The van der Waals surface area contributed by atoms with Gasteiger partial charge >= 0.3 is 0 Å². The van der Waals surface area contributed by atoms with Crippen LogP contribution in [0.2, 0.25) is 0 Å². The molecule has 4 nitrogen and oxygen atoms in total. The third-order valence-electron chi connectivity index (χ3n) is 6.39. The highest BCUT2D eigenvalue weighted by atomic mass is 32.2. The summed E-state index contributed by atoms with van der Waals surface area (Å²) in [5.74, 6) is 0.0120. The van der Waals surface area contributed by atoms with E-state index in [1.807, 2.05) is 19.1 Å². The maximum Gasteiger partial charge on any atom is 0.266 e. The van der Waals surface area contributed by atoms with Crippen LogP contribution < -0.4 is 0 Å². The predicted octanol–water partition coefficient (Wildman–Crippen LogP) is 7.24. The molecule has 1 fully saturated rings. The summed E-state index contributed by atoms with van der Waals surface area (Å²) >= 11 is 1.46. The topological polar surface area (TPSA) is 37.6 Å². The average molecular weight is 480 g/mol. The third-order valence-corrected chi connectivity index (χ3v) is 7.40. The molecule has 176 valence electrons. The van der Waals surface area contributed by atoms with Gasteiger partial charge in [0, 0.05) is 35.8 Å². The summed E-state index contributed by atoms with van der Waals surface area (Å²) in [6, 6.07) is 23.1. The molecule has 1 aromatic heterocycles. The summed E-state index contributed by atoms with van der Waals surface area (Å²) in [6.07, 6.45) is 4.18. The van der Waals surface area contributed by atoms with Gasteiger partial charge in [0.25, 0.3) is 5.91 Å². The van der Waals surface area contributed by atoms with Gasteiger partial charge in [0.05, 0.1) is 10.6 Å². The van der Waals surface area contributed by atoms with Crippen LogP contribution in [0.1, 0.15) is 34.7 Å². The van der Waals surface area contributed by atoms with Crippen molar-refractivity contribution in [3.05, 3.63) is 106 Å². The van der Waals surface area contributed by atoms with Gasteiger partial charge in [0.15, 0.2) is 5.17 Å². The highest BCUT2D eigenvalue weighted by Crippen LogP contribution is 2.36. The van der Waals surface area contributed by atoms with Crippen LogP contribution in [-0.2, 0) is 11.3 Å². The second kappa shape index (κ2) is 9.59. The summed E-state index contributed by atoms with van der Waals surface area (Å²) in [5.41, 5.74) is 7.89. The van der Waals surface area contributed by atoms with Gasteiger partial charge < -0.3 is 4.57 Å². The lowest BCUT2D eigenvalue weighted by atomic mass is 10.1. The molecule has 4 aromatic rings. The second-order valence-corrected chi connectivity index (χ2v) is 10.0. The van der Waals surface area contributed by atoms with Gasteiger partial charge in [-0.25, -0.2) is 4.99 Å². The van der Waals surface area contributed by atoms with Crippen LogP contribution in [0.4, 0.5) is 5.69 Å². The zero-order chi connectivity index (χ0) is 24.5. The van der Waals surface area contributed by atoms with E-state index >= 15 is 0 Å². The molecule has 5 rings (SSSR count). The highest BCUT2D eigenvalue weighted by Gasteiger charge is 2.32. The molecule has 0 saturated carbocycles. The summed E-state index contributed by atoms with van der Waals surface area (Å²) < 4.78 is 2.27. The van der Waals surface area contributed by atoms with Crippen molar-refractivity contribution in [3.8, 4) is 0 Å². The number of amidine groups is 1. The number of hydrogen-bond acceptors (Lipinski definition) is 3. The van der Waals surface area contributed by atoms with Crippen molar-refractivity contribution >= 4 is 45.5 Å². The minimum Gasteiger partial charge on any atom is -0.342 e. The largest absolute Gasteiger partial charge is 0.342 e. The van der Waals surface area contributed by atoms with E-state index in [2.05, 4.69) is 92.2 Å². The Morgan fingerprint density at radius 2 is 1.69 bits per heavy atom. The Morgan fingerprint density at radius 3 is 2.43 bits per heavy atom. The molecular weight excluding hydrogens is 450 g/mol. The van der Waals surface area contributed by atoms with E-state index in [9.17, 15) is 4.79 Å². The molecule has 0 atom stereocenters. The smallest absolute Gasteiger partial charge is 0.266 e. The van der Waals surface area contributed by atoms with E-state index in [4.69, 9.17) is 4.99 Å². The molecule has 1 aliphatic rings. The SMILES string of the molecule is CCN1C(=O)/C(=C\c2cn(Cc3cccc(C)c3)c3ccccc23)SC1=Nc1c(C)cccc1C. The Bertz CT molecular complexity index is 1470. The zero-order valence-electron chi connectivity index (χ0n) is 20.6. The monoisotopic (exact) mass is 479 g/mol. The van der Waals surface area contributed by atoms with Crippen molar-refractivity contribution in [2.75, 3.05) is 6.54 Å². The summed E-state index contributed by atoms with van der Waals surface area (Å²) in [4.78, 5) is 20.7. The number of carbonyl (C=O) groups excluding carboxylic acids is 1. The number of thioether (sulfide) groups is 1. The van der Waals surface area contributed by atoms with Crippen molar-refractivity contribution < 1.29 is 4.79 Å². The Kier molecular flexibility index (Phi) is 6.35. The molecule has 1 aliphatic heterocycles. The molecule has 0 unspecified atom stereocenters. The number of para-hydroxylation sites is 2. The van der Waals surface area contributed by atoms with Crippen LogP contribution in [0.5, 0.6) is 0 Å². The van der Waals surface area contributed by atoms with E-state index in [-0.39, 0.29) is 5.91 Å². The van der Waals surface area contributed by atoms with Gasteiger partial charge in [0.2, 0.25) is 0 Å². The van der Waals surface area contributed by atoms with Crippen LogP contribution in [0.25, 0.3) is 17.0 Å². The molecular formula is C30H29N3OS. The molecule has 0 bridgehead atoms. The van der Waals surface area contributed by atoms with Gasteiger partial charge in [-0.05, 0) is 68.3 Å². The van der Waals surface area contributed by atoms with E-state index in [0.29, 0.717) is 11.4 Å². The van der Waals surface area contributed by atoms with Crippen LogP contribution in [0.3, 0.4) is 0 Å². The van der Waals surface area contributed by atoms with Crippen molar-refractivity contribution in [1.82, 2.24) is 9.47 Å². The van der Waals surface area contributed by atoms with Gasteiger partial charge in [0.1, 0.15) is 0 Å². The number of benzene rings is 3. The maximum atomic E-state index is 13.3. The van der Waals surface area contributed by atoms with Gasteiger partial charge in [-0.1, -0.05) is 66.2 Å². The summed E-state index contributed by atoms with van der Waals surface area (Å²) in [5, 5.41) is 1.88. The molecule has 1 saturated heterocycles. The quantitative estimate of drug-likeness (QED) is 0.283. The number of fused-ring (bicyclic) bond motifs is 1. The number of rotatable bonds is 5. The first-order valence-electron chi connectivity index (χ1n) is 11.9. The first kappa shape index (κ1) is 23.2. The minimum absolute atomic E-state index is 0.0120. The van der Waals surface area contributed by atoms with Crippen LogP contribution in [0.15, 0.2) is 82.8 Å². The first-order chi connectivity index (χ1) is 16.9. The average Bonchev–Trinajstić information content (AvgIpc) is 3.33. The standard InChI is InChI=1S/C30H29N3OS/c1-5-33-29(34)27(35-30(33)31-28-21(3)11-9-12-22(28)4)17-24-19-32(26-15-7-6-14-25(24)26)18-23-13-8-10-20(2)16-23/h6-17,19H,5,18H2,1-4H3/b27-17+,31-30?. The summed E-state index contributed by atoms with van der Waals surface area (Å²) in [7, 11) is 0. The minimum atomic E-state index is 0.0120. The Morgan fingerprint density at radius 1 is 0.943 bits per heavy atom. The fraction of sp³-hybridized carbons (Fsp3) is 0.200. The number of hydrogen-bond donors (Lipinski definition) is 0. The van der Waals surface area contributed by atoms with Gasteiger partial charge in [-0.15, -0.1) is 0 Å². The van der Waals surface area contributed by atoms with E-state index in [1.165, 1.54) is 22.9 Å². The number of amides is 1. The Hall–Kier alpha value is -3.57. The number of aryl methyl sites for hydroxylation is 3. The third kappa shape index (κ3) is 4.56. The molecule has 0 radical (unpaired) electrons. The van der Waals surface area contributed by atoms with Crippen molar-refractivity contribution in [3.63, 3.8) is 0 Å². The fourth-order valence-electron chi connectivity index (χ4n) is 4.62. The number of likely N-dealkylation sites (N-methyl/N-ethyl adjacent to an activating group) is 1. The molecule has 0 aliphatic carbocycles. The van der Waals surface area contributed by atoms with Crippen LogP contribution in [-0.4, -0.2) is 27.1 Å². The lowest BCUT2D eigenvalue weighted by Crippen LogP contribution is -2.28. The molecule has 5 heteroatoms. The lowest BCUT2D eigenvalue weighted by molar-refractivity contribution is -0.122.